The topological polar surface area (TPSA) is 53.1 Å². The molecule has 3 aromatic rings. The van der Waals surface area contributed by atoms with Gasteiger partial charge in [0.1, 0.15) is 18.2 Å². The van der Waals surface area contributed by atoms with Gasteiger partial charge in [-0.15, -0.1) is 0 Å². The normalized spacial score (nSPS) is 11.8. The number of imidazole rings is 1. The lowest BCUT2D eigenvalue weighted by Gasteiger charge is -2.21. The lowest BCUT2D eigenvalue weighted by Crippen LogP contribution is -2.37. The predicted octanol–water partition coefficient (Wildman–Crippen LogP) is 3.35. The second-order valence-electron chi connectivity index (χ2n) is 6.19. The zero-order valence-electron chi connectivity index (χ0n) is 13.0. The van der Waals surface area contributed by atoms with Crippen LogP contribution in [0.15, 0.2) is 54.6 Å². The predicted molar refractivity (Wildman–Crippen MR) is 88.8 cm³/mol. The smallest absolute Gasteiger partial charge is 0.148 e. The summed E-state index contributed by atoms with van der Waals surface area (Å²) in [5.41, 5.74) is 7.95. The van der Waals surface area contributed by atoms with Gasteiger partial charge in [-0.05, 0) is 38.1 Å². The molecule has 0 radical (unpaired) electrons. The maximum atomic E-state index is 6.20. The maximum Gasteiger partial charge on any atom is 0.148 e. The first-order valence-corrected chi connectivity index (χ1v) is 7.44. The highest BCUT2D eigenvalue weighted by atomic mass is 16.5. The molecule has 0 unspecified atom stereocenters. The van der Waals surface area contributed by atoms with Gasteiger partial charge in [0.25, 0.3) is 0 Å². The van der Waals surface area contributed by atoms with Crippen molar-refractivity contribution in [2.24, 2.45) is 5.73 Å². The number of hydrogen-bond acceptors (Lipinski definition) is 3. The highest BCUT2D eigenvalue weighted by molar-refractivity contribution is 5.75. The standard InChI is InChI=1S/C18H21N3O/c1-18(2,19)13-21-16-11-7-6-10-15(16)20-17(21)12-22-14-8-4-3-5-9-14/h3-11H,12-13,19H2,1-2H3. The zero-order valence-corrected chi connectivity index (χ0v) is 13.0. The van der Waals surface area contributed by atoms with Crippen LogP contribution in [0.25, 0.3) is 11.0 Å². The average Bonchev–Trinajstić information content (AvgIpc) is 2.83. The first kappa shape index (κ1) is 14.6. The molecule has 0 saturated heterocycles. The van der Waals surface area contributed by atoms with Crippen molar-refractivity contribution in [2.45, 2.75) is 32.5 Å². The van der Waals surface area contributed by atoms with Gasteiger partial charge in [0.05, 0.1) is 11.0 Å². The van der Waals surface area contributed by atoms with Crippen molar-refractivity contribution < 1.29 is 4.74 Å². The summed E-state index contributed by atoms with van der Waals surface area (Å²) in [6.07, 6.45) is 0. The van der Waals surface area contributed by atoms with Gasteiger partial charge in [0, 0.05) is 12.1 Å². The molecule has 1 heterocycles. The van der Waals surface area contributed by atoms with Crippen LogP contribution in [0.3, 0.4) is 0 Å². The van der Waals surface area contributed by atoms with Crippen molar-refractivity contribution >= 4 is 11.0 Å². The molecule has 1 aromatic heterocycles. The molecule has 0 aliphatic rings. The van der Waals surface area contributed by atoms with Crippen molar-refractivity contribution in [3.8, 4) is 5.75 Å². The molecular weight excluding hydrogens is 274 g/mol. The van der Waals surface area contributed by atoms with Crippen LogP contribution in [0, 0.1) is 0 Å². The molecule has 0 saturated carbocycles. The number of benzene rings is 2. The van der Waals surface area contributed by atoms with Crippen LogP contribution in [0.1, 0.15) is 19.7 Å². The first-order valence-electron chi connectivity index (χ1n) is 7.44. The monoisotopic (exact) mass is 295 g/mol. The molecule has 0 atom stereocenters. The van der Waals surface area contributed by atoms with E-state index < -0.39 is 0 Å². The third kappa shape index (κ3) is 3.28. The van der Waals surface area contributed by atoms with E-state index in [0.29, 0.717) is 13.2 Å². The molecule has 2 N–H and O–H groups in total. The third-order valence-corrected chi connectivity index (χ3v) is 3.41. The number of nitrogens with two attached hydrogens (primary N) is 1. The van der Waals surface area contributed by atoms with Crippen LogP contribution in [-0.4, -0.2) is 15.1 Å². The van der Waals surface area contributed by atoms with Crippen LogP contribution in [0.2, 0.25) is 0 Å². The van der Waals surface area contributed by atoms with Crippen LogP contribution in [0.5, 0.6) is 5.75 Å². The lowest BCUT2D eigenvalue weighted by molar-refractivity contribution is 0.285. The van der Waals surface area contributed by atoms with E-state index in [4.69, 9.17) is 15.5 Å². The Bertz CT molecular complexity index is 757. The molecule has 0 spiro atoms. The van der Waals surface area contributed by atoms with E-state index in [0.717, 1.165) is 22.6 Å². The Morgan fingerprint density at radius 2 is 1.73 bits per heavy atom. The van der Waals surface area contributed by atoms with Crippen LogP contribution >= 0.6 is 0 Å². The minimum atomic E-state index is -0.315. The van der Waals surface area contributed by atoms with Crippen LogP contribution in [-0.2, 0) is 13.2 Å². The zero-order chi connectivity index (χ0) is 15.6. The molecule has 2 aromatic carbocycles. The summed E-state index contributed by atoms with van der Waals surface area (Å²) in [5.74, 6) is 1.73. The Labute approximate surface area is 130 Å². The van der Waals surface area contributed by atoms with Gasteiger partial charge in [-0.3, -0.25) is 0 Å². The van der Waals surface area contributed by atoms with E-state index in [-0.39, 0.29) is 5.54 Å². The molecule has 0 aliphatic heterocycles. The van der Waals surface area contributed by atoms with Crippen molar-refractivity contribution in [1.29, 1.82) is 0 Å². The Hall–Kier alpha value is -2.33. The Morgan fingerprint density at radius 3 is 2.45 bits per heavy atom. The second-order valence-corrected chi connectivity index (χ2v) is 6.19. The largest absolute Gasteiger partial charge is 0.486 e. The number of hydrogen-bond donors (Lipinski definition) is 1. The minimum Gasteiger partial charge on any atom is -0.486 e. The highest BCUT2D eigenvalue weighted by Crippen LogP contribution is 2.20. The minimum absolute atomic E-state index is 0.315. The third-order valence-electron chi connectivity index (χ3n) is 3.41. The second kappa shape index (κ2) is 5.81. The molecule has 114 valence electrons. The van der Waals surface area contributed by atoms with Gasteiger partial charge in [0.15, 0.2) is 0 Å². The average molecular weight is 295 g/mol. The first-order chi connectivity index (χ1) is 10.5. The summed E-state index contributed by atoms with van der Waals surface area (Å²) in [4.78, 5) is 4.69. The maximum absolute atomic E-state index is 6.20. The van der Waals surface area contributed by atoms with Crippen molar-refractivity contribution in [1.82, 2.24) is 9.55 Å². The highest BCUT2D eigenvalue weighted by Gasteiger charge is 2.18. The number of nitrogens with zero attached hydrogens (tertiary/aromatic N) is 2. The van der Waals surface area contributed by atoms with Gasteiger partial charge >= 0.3 is 0 Å². The molecule has 22 heavy (non-hydrogen) atoms. The quantitative estimate of drug-likeness (QED) is 0.785. The Morgan fingerprint density at radius 1 is 1.05 bits per heavy atom. The van der Waals surface area contributed by atoms with Gasteiger partial charge in [0.2, 0.25) is 0 Å². The summed E-state index contributed by atoms with van der Waals surface area (Å²) >= 11 is 0. The summed E-state index contributed by atoms with van der Waals surface area (Å²) < 4.78 is 8.00. The van der Waals surface area contributed by atoms with Crippen molar-refractivity contribution in [3.05, 3.63) is 60.4 Å². The van der Waals surface area contributed by atoms with E-state index in [1.807, 2.05) is 62.4 Å². The van der Waals surface area contributed by atoms with E-state index in [2.05, 4.69) is 10.6 Å². The van der Waals surface area contributed by atoms with Gasteiger partial charge in [-0.2, -0.15) is 0 Å². The number of rotatable bonds is 5. The van der Waals surface area contributed by atoms with Gasteiger partial charge in [-0.1, -0.05) is 30.3 Å². The number of fused-ring (bicyclic) bond motifs is 1. The number of para-hydroxylation sites is 3. The van der Waals surface area contributed by atoms with E-state index in [9.17, 15) is 0 Å². The van der Waals surface area contributed by atoms with Crippen LogP contribution < -0.4 is 10.5 Å². The van der Waals surface area contributed by atoms with Crippen molar-refractivity contribution in [3.63, 3.8) is 0 Å². The fourth-order valence-electron chi connectivity index (χ4n) is 2.48. The molecule has 0 bridgehead atoms. The summed E-state index contributed by atoms with van der Waals surface area (Å²) in [6.45, 7) is 5.16. The summed E-state index contributed by atoms with van der Waals surface area (Å²) in [6, 6.07) is 17.9. The number of ether oxygens (including phenoxy) is 1. The fraction of sp³-hybridized carbons (Fsp3) is 0.278. The fourth-order valence-corrected chi connectivity index (χ4v) is 2.48. The molecule has 0 amide bonds. The molecule has 4 nitrogen and oxygen atoms in total. The van der Waals surface area contributed by atoms with Crippen molar-refractivity contribution in [2.75, 3.05) is 0 Å². The molecule has 0 fully saturated rings. The van der Waals surface area contributed by atoms with Gasteiger partial charge in [-0.25, -0.2) is 4.98 Å². The molecule has 3 rings (SSSR count). The SMILES string of the molecule is CC(C)(N)Cn1c(COc2ccccc2)nc2ccccc21. The van der Waals surface area contributed by atoms with E-state index >= 15 is 0 Å². The Kier molecular flexibility index (Phi) is 3.86. The lowest BCUT2D eigenvalue weighted by atomic mass is 10.1. The van der Waals surface area contributed by atoms with E-state index in [1.54, 1.807) is 0 Å². The molecule has 0 aliphatic carbocycles. The Balaban J connectivity index is 1.92. The molecule has 4 heteroatoms. The summed E-state index contributed by atoms with van der Waals surface area (Å²) in [7, 11) is 0. The van der Waals surface area contributed by atoms with E-state index in [1.165, 1.54) is 0 Å². The summed E-state index contributed by atoms with van der Waals surface area (Å²) in [5, 5.41) is 0. The number of aromatic nitrogens is 2. The van der Waals surface area contributed by atoms with Gasteiger partial charge < -0.3 is 15.0 Å². The van der Waals surface area contributed by atoms with Crippen LogP contribution in [0.4, 0.5) is 0 Å². The molecular formula is C18H21N3O.